The molecule has 9 heteroatoms. The maximum atomic E-state index is 13.1. The Morgan fingerprint density at radius 1 is 0.900 bits per heavy atom. The van der Waals surface area contributed by atoms with Gasteiger partial charge in [0.2, 0.25) is 0 Å². The van der Waals surface area contributed by atoms with E-state index in [2.05, 4.69) is 67.8 Å². The molecule has 0 atom stereocenters. The number of carbonyl (C=O) groups excluding carboxylic acids is 1. The second kappa shape index (κ2) is 9.10. The van der Waals surface area contributed by atoms with Crippen molar-refractivity contribution in [1.29, 1.82) is 0 Å². The Kier molecular flexibility index (Phi) is 7.97. The summed E-state index contributed by atoms with van der Waals surface area (Å²) in [6.45, 7) is 11.2. The van der Waals surface area contributed by atoms with Crippen LogP contribution in [0, 0.1) is 10.7 Å². The number of benzene rings is 2. The summed E-state index contributed by atoms with van der Waals surface area (Å²) in [5.41, 5.74) is 0.217. The SMILES string of the molecule is CC(C)(C)c1cc(S(=O)(=O)O)c(C(C)(C)C)cc1OC(=O)c1cc(I)cc(I)c1I. The predicted octanol–water partition coefficient (Wildman–Crippen LogP) is 6.56. The largest absolute Gasteiger partial charge is 0.423 e. The Bertz CT molecular complexity index is 1110. The summed E-state index contributed by atoms with van der Waals surface area (Å²) in [7, 11) is -4.46. The Labute approximate surface area is 218 Å². The fraction of sp³-hybridized carbons (Fsp3) is 0.381. The maximum absolute atomic E-state index is 13.1. The van der Waals surface area contributed by atoms with Crippen molar-refractivity contribution in [3.8, 4) is 5.75 Å². The highest BCUT2D eigenvalue weighted by Gasteiger charge is 2.31. The number of hydrogen-bond acceptors (Lipinski definition) is 4. The van der Waals surface area contributed by atoms with E-state index >= 15 is 0 Å². The van der Waals surface area contributed by atoms with Crippen LogP contribution in [0.5, 0.6) is 5.75 Å². The molecular formula is C21H23I3O5S. The first kappa shape index (κ1) is 26.3. The van der Waals surface area contributed by atoms with Crippen molar-refractivity contribution < 1.29 is 22.5 Å². The molecule has 0 saturated carbocycles. The van der Waals surface area contributed by atoms with Gasteiger partial charge in [0.1, 0.15) is 5.75 Å². The van der Waals surface area contributed by atoms with E-state index in [4.69, 9.17) is 4.74 Å². The second-order valence-corrected chi connectivity index (χ2v) is 13.8. The van der Waals surface area contributed by atoms with E-state index in [-0.39, 0.29) is 10.6 Å². The van der Waals surface area contributed by atoms with Gasteiger partial charge in [-0.15, -0.1) is 0 Å². The molecule has 0 bridgehead atoms. The van der Waals surface area contributed by atoms with Crippen LogP contribution in [0.3, 0.4) is 0 Å². The molecule has 0 radical (unpaired) electrons. The summed E-state index contributed by atoms with van der Waals surface area (Å²) in [5, 5.41) is 0. The number of halogens is 3. The van der Waals surface area contributed by atoms with E-state index in [0.29, 0.717) is 16.7 Å². The van der Waals surface area contributed by atoms with E-state index in [0.717, 1.165) is 10.7 Å². The van der Waals surface area contributed by atoms with Crippen molar-refractivity contribution in [1.82, 2.24) is 0 Å². The van der Waals surface area contributed by atoms with Gasteiger partial charge in [0, 0.05) is 16.3 Å². The van der Waals surface area contributed by atoms with Crippen LogP contribution in [0.15, 0.2) is 29.2 Å². The zero-order valence-corrected chi connectivity index (χ0v) is 24.7. The summed E-state index contributed by atoms with van der Waals surface area (Å²) < 4.78 is 42.5. The van der Waals surface area contributed by atoms with Crippen molar-refractivity contribution in [3.05, 3.63) is 51.7 Å². The zero-order chi connectivity index (χ0) is 23.2. The molecule has 5 nitrogen and oxygen atoms in total. The van der Waals surface area contributed by atoms with Gasteiger partial charge in [-0.1, -0.05) is 41.5 Å². The van der Waals surface area contributed by atoms with Gasteiger partial charge >= 0.3 is 5.97 Å². The highest BCUT2D eigenvalue weighted by Crippen LogP contribution is 2.40. The molecule has 2 aromatic rings. The monoisotopic (exact) mass is 768 g/mol. The molecule has 2 aromatic carbocycles. The average Bonchev–Trinajstić information content (AvgIpc) is 2.54. The molecule has 0 unspecified atom stereocenters. The number of carbonyl (C=O) groups is 1. The van der Waals surface area contributed by atoms with Crippen LogP contribution in [0.1, 0.15) is 63.0 Å². The van der Waals surface area contributed by atoms with Crippen LogP contribution in [0.25, 0.3) is 0 Å². The highest BCUT2D eigenvalue weighted by molar-refractivity contribution is 14.1. The van der Waals surface area contributed by atoms with Gasteiger partial charge in [-0.25, -0.2) is 4.79 Å². The normalized spacial score (nSPS) is 12.7. The Hall–Kier alpha value is 0.0100. The van der Waals surface area contributed by atoms with Crippen molar-refractivity contribution in [2.75, 3.05) is 0 Å². The number of rotatable bonds is 3. The molecule has 30 heavy (non-hydrogen) atoms. The van der Waals surface area contributed by atoms with Gasteiger partial charge in [0.25, 0.3) is 10.1 Å². The Morgan fingerprint density at radius 3 is 1.90 bits per heavy atom. The van der Waals surface area contributed by atoms with E-state index in [1.165, 1.54) is 6.07 Å². The molecular weight excluding hydrogens is 745 g/mol. The molecule has 0 amide bonds. The second-order valence-electron chi connectivity index (χ2n) is 8.96. The van der Waals surface area contributed by atoms with Gasteiger partial charge in [0.05, 0.1) is 10.5 Å². The summed E-state index contributed by atoms with van der Waals surface area (Å²) >= 11 is 6.44. The summed E-state index contributed by atoms with van der Waals surface area (Å²) in [6.07, 6.45) is 0. The fourth-order valence-corrected chi connectivity index (χ4v) is 6.18. The van der Waals surface area contributed by atoms with Gasteiger partial charge in [0.15, 0.2) is 0 Å². The molecule has 1 N–H and O–H groups in total. The van der Waals surface area contributed by atoms with Gasteiger partial charge in [-0.05, 0) is 108 Å². The lowest BCUT2D eigenvalue weighted by molar-refractivity contribution is 0.0730. The van der Waals surface area contributed by atoms with Crippen LogP contribution >= 0.6 is 67.8 Å². The molecule has 0 saturated heterocycles. The third-order valence-electron chi connectivity index (χ3n) is 4.39. The number of hydrogen-bond donors (Lipinski definition) is 1. The molecule has 0 aliphatic rings. The van der Waals surface area contributed by atoms with Crippen molar-refractivity contribution in [2.24, 2.45) is 0 Å². The fourth-order valence-electron chi connectivity index (χ4n) is 2.89. The molecule has 164 valence electrons. The Morgan fingerprint density at radius 2 is 1.43 bits per heavy atom. The third kappa shape index (κ3) is 6.07. The first-order chi connectivity index (χ1) is 13.4. The minimum atomic E-state index is -4.46. The minimum Gasteiger partial charge on any atom is -0.423 e. The van der Waals surface area contributed by atoms with Gasteiger partial charge in [-0.3, -0.25) is 4.55 Å². The van der Waals surface area contributed by atoms with E-state index < -0.39 is 26.9 Å². The standard InChI is InChI=1S/C21H23I3O5S/c1-20(2,3)13-10-17(30(26,27)28)14(21(4,5)6)9-16(13)29-19(25)12-7-11(22)8-15(23)18(12)24/h7-10H,1-6H3,(H,26,27,28). The van der Waals surface area contributed by atoms with Gasteiger partial charge < -0.3 is 4.74 Å². The summed E-state index contributed by atoms with van der Waals surface area (Å²) in [5.74, 6) is -0.227. The van der Waals surface area contributed by atoms with Crippen molar-refractivity contribution in [2.45, 2.75) is 57.3 Å². The lowest BCUT2D eigenvalue weighted by Gasteiger charge is -2.28. The van der Waals surface area contributed by atoms with Gasteiger partial charge in [-0.2, -0.15) is 8.42 Å². The maximum Gasteiger partial charge on any atom is 0.344 e. The summed E-state index contributed by atoms with van der Waals surface area (Å²) in [4.78, 5) is 12.9. The molecule has 0 aromatic heterocycles. The molecule has 2 rings (SSSR count). The average molecular weight is 768 g/mol. The van der Waals surface area contributed by atoms with Crippen LogP contribution in [-0.4, -0.2) is 18.9 Å². The van der Waals surface area contributed by atoms with Crippen LogP contribution < -0.4 is 4.74 Å². The highest BCUT2D eigenvalue weighted by atomic mass is 127. The zero-order valence-electron chi connectivity index (χ0n) is 17.4. The number of ether oxygens (including phenoxy) is 1. The number of esters is 1. The predicted molar refractivity (Wildman–Crippen MR) is 143 cm³/mol. The smallest absolute Gasteiger partial charge is 0.344 e. The molecule has 0 aliphatic carbocycles. The minimum absolute atomic E-state index is 0.168. The van der Waals surface area contributed by atoms with E-state index in [1.54, 1.807) is 12.1 Å². The first-order valence-corrected chi connectivity index (χ1v) is 13.6. The molecule has 0 spiro atoms. The van der Waals surface area contributed by atoms with Crippen LogP contribution in [0.2, 0.25) is 0 Å². The first-order valence-electron chi connectivity index (χ1n) is 8.96. The Balaban J connectivity index is 2.74. The third-order valence-corrected chi connectivity index (χ3v) is 8.95. The van der Waals surface area contributed by atoms with E-state index in [1.807, 2.05) is 47.6 Å². The molecule has 0 fully saturated rings. The van der Waals surface area contributed by atoms with Crippen molar-refractivity contribution in [3.63, 3.8) is 0 Å². The summed E-state index contributed by atoms with van der Waals surface area (Å²) in [6, 6.07) is 6.72. The topological polar surface area (TPSA) is 80.7 Å². The van der Waals surface area contributed by atoms with E-state index in [9.17, 15) is 17.8 Å². The van der Waals surface area contributed by atoms with Crippen molar-refractivity contribution >= 4 is 83.9 Å². The van der Waals surface area contributed by atoms with Crippen LogP contribution in [0.4, 0.5) is 0 Å². The molecule has 0 heterocycles. The lowest BCUT2D eigenvalue weighted by Crippen LogP contribution is -2.22. The quantitative estimate of drug-likeness (QED) is 0.126. The van der Waals surface area contributed by atoms with Crippen LogP contribution in [-0.2, 0) is 20.9 Å². The molecule has 0 aliphatic heterocycles. The lowest BCUT2D eigenvalue weighted by atomic mass is 9.81.